The van der Waals surface area contributed by atoms with E-state index in [0.717, 1.165) is 12.8 Å². The van der Waals surface area contributed by atoms with Crippen molar-refractivity contribution in [2.75, 3.05) is 6.54 Å². The van der Waals surface area contributed by atoms with Gasteiger partial charge in [0.1, 0.15) is 6.04 Å². The Morgan fingerprint density at radius 1 is 1.54 bits per heavy atom. The molecule has 0 spiro atoms. The van der Waals surface area contributed by atoms with Gasteiger partial charge in [0, 0.05) is 6.54 Å². The van der Waals surface area contributed by atoms with Gasteiger partial charge in [0.2, 0.25) is 0 Å². The zero-order valence-corrected chi connectivity index (χ0v) is 7.62. The number of aliphatic carboxylic acids is 1. The third kappa shape index (κ3) is 7.14. The van der Waals surface area contributed by atoms with E-state index in [2.05, 4.69) is 11.9 Å². The summed E-state index contributed by atoms with van der Waals surface area (Å²) in [6.07, 6.45) is 2.11. The number of rotatable bonds is 7. The first-order valence-electron chi connectivity index (χ1n) is 4.20. The molecule has 0 aliphatic heterocycles. The van der Waals surface area contributed by atoms with Crippen LogP contribution in [0, 0.1) is 0 Å². The quantitative estimate of drug-likeness (QED) is 0.406. The molecule has 0 fully saturated rings. The molecule has 0 saturated carbocycles. The second-order valence-electron chi connectivity index (χ2n) is 2.89. The van der Waals surface area contributed by atoms with Gasteiger partial charge in [-0.2, -0.15) is 0 Å². The third-order valence-corrected chi connectivity index (χ3v) is 1.61. The molecule has 0 aromatic heterocycles. The molecule has 0 aromatic carbocycles. The monoisotopic (exact) mass is 187 g/mol. The van der Waals surface area contributed by atoms with Gasteiger partial charge in [-0.3, -0.25) is 4.79 Å². The lowest BCUT2D eigenvalue weighted by molar-refractivity contribution is -0.138. The summed E-state index contributed by atoms with van der Waals surface area (Å²) in [5.41, 5.74) is 10.6. The molecule has 0 amide bonds. The minimum atomic E-state index is -0.948. The predicted molar refractivity (Wildman–Crippen MR) is 50.8 cm³/mol. The number of carboxylic acids is 1. The molecule has 76 valence electrons. The highest BCUT2D eigenvalue weighted by Gasteiger charge is 2.09. The lowest BCUT2D eigenvalue weighted by Gasteiger charge is -2.06. The van der Waals surface area contributed by atoms with E-state index in [1.807, 2.05) is 0 Å². The van der Waals surface area contributed by atoms with Crippen LogP contribution in [0.1, 0.15) is 19.3 Å². The van der Waals surface area contributed by atoms with E-state index in [1.165, 1.54) is 0 Å². The van der Waals surface area contributed by atoms with Crippen molar-refractivity contribution in [3.8, 4) is 0 Å². The molecule has 1 atom stereocenters. The van der Waals surface area contributed by atoms with Crippen molar-refractivity contribution in [3.05, 3.63) is 12.4 Å². The smallest absolute Gasteiger partial charge is 0.320 e. The summed E-state index contributed by atoms with van der Waals surface area (Å²) in [5.74, 6) is -0.515. The predicted octanol–water partition coefficient (Wildman–Crippen LogP) is -0.412. The Morgan fingerprint density at radius 2 is 2.15 bits per heavy atom. The molecule has 0 aliphatic rings. The van der Waals surface area contributed by atoms with Gasteiger partial charge in [0.05, 0.1) is 5.82 Å². The second kappa shape index (κ2) is 6.30. The molecule has 0 aromatic rings. The molecule has 5 heteroatoms. The van der Waals surface area contributed by atoms with Gasteiger partial charge < -0.3 is 21.9 Å². The van der Waals surface area contributed by atoms with E-state index in [1.54, 1.807) is 0 Å². The Kier molecular flexibility index (Phi) is 5.71. The van der Waals surface area contributed by atoms with Crippen LogP contribution in [0.2, 0.25) is 0 Å². The number of carboxylic acid groups (broad SMARTS) is 1. The van der Waals surface area contributed by atoms with Crippen molar-refractivity contribution in [2.24, 2.45) is 11.5 Å². The number of hydrogen-bond acceptors (Lipinski definition) is 4. The number of carbonyl (C=O) groups is 1. The van der Waals surface area contributed by atoms with Crippen molar-refractivity contribution in [1.82, 2.24) is 5.32 Å². The standard InChI is InChI=1S/C8H17N3O2/c1-6(9)11-5-3-2-4-7(10)8(12)13/h7,11H,1-5,9-10H2,(H,12,13)/t7-/m0/s1. The zero-order chi connectivity index (χ0) is 10.3. The molecule has 0 rings (SSSR count). The molecule has 13 heavy (non-hydrogen) atoms. The minimum absolute atomic E-state index is 0.433. The molecule has 0 saturated heterocycles. The largest absolute Gasteiger partial charge is 0.480 e. The SMILES string of the molecule is C=C(N)NCCCC[C@H](N)C(=O)O. The highest BCUT2D eigenvalue weighted by Crippen LogP contribution is 1.98. The van der Waals surface area contributed by atoms with Gasteiger partial charge in [-0.05, 0) is 19.3 Å². The van der Waals surface area contributed by atoms with Crippen LogP contribution in [0.25, 0.3) is 0 Å². The fraction of sp³-hybridized carbons (Fsp3) is 0.625. The summed E-state index contributed by atoms with van der Waals surface area (Å²) in [7, 11) is 0. The van der Waals surface area contributed by atoms with Crippen LogP contribution in [0.3, 0.4) is 0 Å². The Balaban J connectivity index is 3.26. The highest BCUT2D eigenvalue weighted by atomic mass is 16.4. The first-order chi connectivity index (χ1) is 6.04. The summed E-state index contributed by atoms with van der Waals surface area (Å²) in [5, 5.41) is 11.3. The second-order valence-corrected chi connectivity index (χ2v) is 2.89. The highest BCUT2D eigenvalue weighted by molar-refractivity contribution is 5.72. The van der Waals surface area contributed by atoms with E-state index in [0.29, 0.717) is 18.8 Å². The van der Waals surface area contributed by atoms with Crippen molar-refractivity contribution in [3.63, 3.8) is 0 Å². The van der Waals surface area contributed by atoms with Crippen LogP contribution in [0.4, 0.5) is 0 Å². The van der Waals surface area contributed by atoms with Gasteiger partial charge >= 0.3 is 5.97 Å². The van der Waals surface area contributed by atoms with E-state index >= 15 is 0 Å². The number of hydrogen-bond donors (Lipinski definition) is 4. The Labute approximate surface area is 77.8 Å². The summed E-state index contributed by atoms with van der Waals surface area (Å²) >= 11 is 0. The van der Waals surface area contributed by atoms with E-state index in [-0.39, 0.29) is 0 Å². The topological polar surface area (TPSA) is 101 Å². The van der Waals surface area contributed by atoms with Crippen LogP contribution in [0.15, 0.2) is 12.4 Å². The molecule has 5 nitrogen and oxygen atoms in total. The number of nitrogens with two attached hydrogens (primary N) is 2. The first-order valence-corrected chi connectivity index (χ1v) is 4.20. The minimum Gasteiger partial charge on any atom is -0.480 e. The van der Waals surface area contributed by atoms with Gasteiger partial charge in [-0.25, -0.2) is 0 Å². The van der Waals surface area contributed by atoms with Crippen LogP contribution < -0.4 is 16.8 Å². The lowest BCUT2D eigenvalue weighted by Crippen LogP contribution is -2.30. The van der Waals surface area contributed by atoms with Crippen molar-refractivity contribution in [1.29, 1.82) is 0 Å². The molecular formula is C8H17N3O2. The summed E-state index contributed by atoms with van der Waals surface area (Å²) in [4.78, 5) is 10.3. The maximum absolute atomic E-state index is 10.3. The van der Waals surface area contributed by atoms with Crippen LogP contribution in [0.5, 0.6) is 0 Å². The van der Waals surface area contributed by atoms with E-state index in [4.69, 9.17) is 16.6 Å². The number of unbranched alkanes of at least 4 members (excludes halogenated alkanes) is 1. The summed E-state index contributed by atoms with van der Waals surface area (Å²) < 4.78 is 0. The normalized spacial score (nSPS) is 12.1. The van der Waals surface area contributed by atoms with Crippen LogP contribution in [-0.2, 0) is 4.79 Å². The van der Waals surface area contributed by atoms with Gasteiger partial charge in [0.25, 0.3) is 0 Å². The Morgan fingerprint density at radius 3 is 2.62 bits per heavy atom. The van der Waals surface area contributed by atoms with Crippen molar-refractivity contribution in [2.45, 2.75) is 25.3 Å². The fourth-order valence-corrected chi connectivity index (χ4v) is 0.862. The zero-order valence-electron chi connectivity index (χ0n) is 7.62. The number of nitrogens with one attached hydrogen (secondary N) is 1. The van der Waals surface area contributed by atoms with Gasteiger partial charge in [-0.1, -0.05) is 6.58 Å². The Hall–Kier alpha value is -1.23. The maximum Gasteiger partial charge on any atom is 0.320 e. The molecule has 0 radical (unpaired) electrons. The van der Waals surface area contributed by atoms with E-state index in [9.17, 15) is 4.79 Å². The fourth-order valence-electron chi connectivity index (χ4n) is 0.862. The molecular weight excluding hydrogens is 170 g/mol. The average Bonchev–Trinajstić information content (AvgIpc) is 2.02. The molecule has 6 N–H and O–H groups in total. The summed E-state index contributed by atoms with van der Waals surface area (Å²) in [6.45, 7) is 4.17. The summed E-state index contributed by atoms with van der Waals surface area (Å²) in [6, 6.07) is -0.749. The maximum atomic E-state index is 10.3. The molecule has 0 aliphatic carbocycles. The van der Waals surface area contributed by atoms with Gasteiger partial charge in [-0.15, -0.1) is 0 Å². The van der Waals surface area contributed by atoms with Crippen LogP contribution in [-0.4, -0.2) is 23.7 Å². The van der Waals surface area contributed by atoms with Crippen LogP contribution >= 0.6 is 0 Å². The van der Waals surface area contributed by atoms with E-state index < -0.39 is 12.0 Å². The molecule has 0 unspecified atom stereocenters. The molecule has 0 bridgehead atoms. The molecule has 0 heterocycles. The lowest BCUT2D eigenvalue weighted by atomic mass is 10.1. The average molecular weight is 187 g/mol. The van der Waals surface area contributed by atoms with Crippen molar-refractivity contribution < 1.29 is 9.90 Å². The first kappa shape index (κ1) is 11.8. The Bertz CT molecular complexity index is 182. The van der Waals surface area contributed by atoms with Crippen molar-refractivity contribution >= 4 is 5.97 Å². The van der Waals surface area contributed by atoms with Gasteiger partial charge in [0.15, 0.2) is 0 Å². The third-order valence-electron chi connectivity index (χ3n) is 1.61.